The lowest BCUT2D eigenvalue weighted by Gasteiger charge is -2.03. The van der Waals surface area contributed by atoms with E-state index in [4.69, 9.17) is 0 Å². The smallest absolute Gasteiger partial charge is 0.305 e. The molecule has 84 valence electrons. The van der Waals surface area contributed by atoms with Gasteiger partial charge in [0.2, 0.25) is 5.91 Å². The largest absolute Gasteiger partial charge is 0.469 e. The van der Waals surface area contributed by atoms with E-state index < -0.39 is 0 Å². The van der Waals surface area contributed by atoms with Crippen LogP contribution in [0, 0.1) is 0 Å². The Balaban J connectivity index is 2.05. The highest BCUT2D eigenvalue weighted by molar-refractivity contribution is 5.99. The highest BCUT2D eigenvalue weighted by Gasteiger charge is 2.17. The Bertz CT molecular complexity index is 440. The van der Waals surface area contributed by atoms with E-state index in [0.29, 0.717) is 19.3 Å². The molecule has 0 spiro atoms. The summed E-state index contributed by atoms with van der Waals surface area (Å²) < 4.78 is 4.58. The predicted molar refractivity (Wildman–Crippen MR) is 59.1 cm³/mol. The van der Waals surface area contributed by atoms with Crippen molar-refractivity contribution in [2.45, 2.75) is 19.3 Å². The molecule has 1 amide bonds. The van der Waals surface area contributed by atoms with Gasteiger partial charge in [-0.25, -0.2) is 0 Å². The molecule has 0 saturated carbocycles. The van der Waals surface area contributed by atoms with E-state index in [1.807, 2.05) is 18.2 Å². The number of hydrogen-bond acceptors (Lipinski definition) is 3. The van der Waals surface area contributed by atoms with Gasteiger partial charge in [0, 0.05) is 12.1 Å². The summed E-state index contributed by atoms with van der Waals surface area (Å²) in [4.78, 5) is 22.1. The molecule has 1 aromatic rings. The first-order valence-corrected chi connectivity index (χ1v) is 5.17. The van der Waals surface area contributed by atoms with Gasteiger partial charge in [-0.05, 0) is 23.6 Å². The quantitative estimate of drug-likeness (QED) is 0.779. The zero-order valence-electron chi connectivity index (χ0n) is 9.08. The Hall–Kier alpha value is -1.84. The summed E-state index contributed by atoms with van der Waals surface area (Å²) in [5.74, 6) is -0.185. The molecule has 0 aromatic heterocycles. The molecule has 0 aliphatic carbocycles. The van der Waals surface area contributed by atoms with Gasteiger partial charge in [0.25, 0.3) is 0 Å². The van der Waals surface area contributed by atoms with Crippen LogP contribution in [0.15, 0.2) is 18.2 Å². The van der Waals surface area contributed by atoms with Crippen molar-refractivity contribution in [3.63, 3.8) is 0 Å². The maximum Gasteiger partial charge on any atom is 0.305 e. The van der Waals surface area contributed by atoms with Crippen molar-refractivity contribution < 1.29 is 14.3 Å². The van der Waals surface area contributed by atoms with Crippen LogP contribution in [0.4, 0.5) is 5.69 Å². The number of methoxy groups -OCH3 is 1. The number of esters is 1. The number of amides is 1. The number of fused-ring (bicyclic) bond motifs is 1. The molecule has 0 radical (unpaired) electrons. The first kappa shape index (κ1) is 10.7. The van der Waals surface area contributed by atoms with E-state index in [-0.39, 0.29) is 11.9 Å². The fourth-order valence-corrected chi connectivity index (χ4v) is 1.79. The molecule has 16 heavy (non-hydrogen) atoms. The highest BCUT2D eigenvalue weighted by Crippen LogP contribution is 2.24. The predicted octanol–water partition coefficient (Wildman–Crippen LogP) is 1.29. The molecule has 1 aliphatic rings. The van der Waals surface area contributed by atoms with Crippen molar-refractivity contribution in [2.24, 2.45) is 0 Å². The lowest BCUT2D eigenvalue weighted by Crippen LogP contribution is -2.03. The third kappa shape index (κ3) is 2.21. The Morgan fingerprint density at radius 1 is 1.50 bits per heavy atom. The minimum atomic E-state index is -0.213. The van der Waals surface area contributed by atoms with Crippen molar-refractivity contribution >= 4 is 17.6 Å². The number of benzene rings is 1. The van der Waals surface area contributed by atoms with Gasteiger partial charge in [-0.3, -0.25) is 9.59 Å². The van der Waals surface area contributed by atoms with Gasteiger partial charge in [0.15, 0.2) is 0 Å². The molecule has 2 rings (SSSR count). The third-order valence-corrected chi connectivity index (χ3v) is 2.64. The molecule has 1 aromatic carbocycles. The molecule has 0 atom stereocenters. The normalized spacial score (nSPS) is 13.2. The molecule has 1 aliphatic heterocycles. The van der Waals surface area contributed by atoms with Gasteiger partial charge in [-0.15, -0.1) is 0 Å². The maximum atomic E-state index is 11.1. The second-order valence-corrected chi connectivity index (χ2v) is 3.79. The van der Waals surface area contributed by atoms with Crippen LogP contribution in [0.3, 0.4) is 0 Å². The van der Waals surface area contributed by atoms with Gasteiger partial charge in [-0.2, -0.15) is 0 Å². The minimum absolute atomic E-state index is 0.0279. The Labute approximate surface area is 93.6 Å². The van der Waals surface area contributed by atoms with E-state index in [2.05, 4.69) is 10.1 Å². The van der Waals surface area contributed by atoms with Crippen LogP contribution in [-0.4, -0.2) is 19.0 Å². The second kappa shape index (κ2) is 4.35. The lowest BCUT2D eigenvalue weighted by molar-refractivity contribution is -0.140. The summed E-state index contributed by atoms with van der Waals surface area (Å²) in [7, 11) is 1.38. The number of hydrogen-bond donors (Lipinski definition) is 1. The first-order valence-electron chi connectivity index (χ1n) is 5.17. The van der Waals surface area contributed by atoms with Gasteiger partial charge in [0.1, 0.15) is 0 Å². The molecular weight excluding hydrogens is 206 g/mol. The summed E-state index contributed by atoms with van der Waals surface area (Å²) in [5, 5.41) is 2.77. The maximum absolute atomic E-state index is 11.1. The zero-order chi connectivity index (χ0) is 11.5. The van der Waals surface area contributed by atoms with Gasteiger partial charge < -0.3 is 10.1 Å². The van der Waals surface area contributed by atoms with Gasteiger partial charge >= 0.3 is 5.97 Å². The van der Waals surface area contributed by atoms with E-state index in [0.717, 1.165) is 16.8 Å². The van der Waals surface area contributed by atoms with Gasteiger partial charge in [0.05, 0.1) is 13.5 Å². The SMILES string of the molecule is COC(=O)CCc1ccc2c(c1)CC(=O)N2. The fraction of sp³-hybridized carbons (Fsp3) is 0.333. The van der Waals surface area contributed by atoms with Crippen LogP contribution in [0.25, 0.3) is 0 Å². The molecule has 0 bridgehead atoms. The van der Waals surface area contributed by atoms with Crippen molar-refractivity contribution in [3.8, 4) is 0 Å². The van der Waals surface area contributed by atoms with E-state index in [1.165, 1.54) is 7.11 Å². The van der Waals surface area contributed by atoms with Crippen LogP contribution < -0.4 is 5.32 Å². The van der Waals surface area contributed by atoms with Crippen LogP contribution >= 0.6 is 0 Å². The molecule has 0 saturated heterocycles. The molecule has 0 fully saturated rings. The van der Waals surface area contributed by atoms with Crippen LogP contribution in [0.5, 0.6) is 0 Å². The van der Waals surface area contributed by atoms with Crippen LogP contribution in [-0.2, 0) is 27.2 Å². The summed E-state index contributed by atoms with van der Waals surface area (Å²) in [5.41, 5.74) is 2.94. The monoisotopic (exact) mass is 219 g/mol. The highest BCUT2D eigenvalue weighted by atomic mass is 16.5. The average molecular weight is 219 g/mol. The number of nitrogens with one attached hydrogen (secondary N) is 1. The van der Waals surface area contributed by atoms with Crippen molar-refractivity contribution in [2.75, 3.05) is 12.4 Å². The van der Waals surface area contributed by atoms with Crippen LogP contribution in [0.1, 0.15) is 17.5 Å². The number of aryl methyl sites for hydroxylation is 1. The molecule has 4 nitrogen and oxygen atoms in total. The summed E-state index contributed by atoms with van der Waals surface area (Å²) in [6, 6.07) is 5.77. The first-order chi connectivity index (χ1) is 7.69. The Morgan fingerprint density at radius 3 is 3.06 bits per heavy atom. The van der Waals surface area contributed by atoms with E-state index >= 15 is 0 Å². The van der Waals surface area contributed by atoms with Crippen molar-refractivity contribution in [3.05, 3.63) is 29.3 Å². The third-order valence-electron chi connectivity index (χ3n) is 2.64. The molecule has 1 heterocycles. The van der Waals surface area contributed by atoms with Gasteiger partial charge in [-0.1, -0.05) is 12.1 Å². The van der Waals surface area contributed by atoms with Crippen LogP contribution in [0.2, 0.25) is 0 Å². The number of ether oxygens (including phenoxy) is 1. The molecule has 4 heteroatoms. The second-order valence-electron chi connectivity index (χ2n) is 3.79. The fourth-order valence-electron chi connectivity index (χ4n) is 1.79. The Kier molecular flexibility index (Phi) is 2.90. The average Bonchev–Trinajstić information content (AvgIpc) is 2.65. The Morgan fingerprint density at radius 2 is 2.31 bits per heavy atom. The summed E-state index contributed by atoms with van der Waals surface area (Å²) in [6.07, 6.45) is 1.45. The topological polar surface area (TPSA) is 55.4 Å². The van der Waals surface area contributed by atoms with Crippen molar-refractivity contribution in [1.29, 1.82) is 0 Å². The molecule has 1 N–H and O–H groups in total. The zero-order valence-corrected chi connectivity index (χ0v) is 9.08. The van der Waals surface area contributed by atoms with Crippen molar-refractivity contribution in [1.82, 2.24) is 0 Å². The minimum Gasteiger partial charge on any atom is -0.469 e. The summed E-state index contributed by atoms with van der Waals surface area (Å²) in [6.45, 7) is 0. The molecule has 0 unspecified atom stereocenters. The number of carbonyl (C=O) groups is 2. The molecular formula is C12H13NO3. The van der Waals surface area contributed by atoms with E-state index in [9.17, 15) is 9.59 Å². The number of anilines is 1. The lowest BCUT2D eigenvalue weighted by atomic mass is 10.0. The standard InChI is InChI=1S/C12H13NO3/c1-16-12(15)5-3-8-2-4-10-9(6-8)7-11(14)13-10/h2,4,6H,3,5,7H2,1H3,(H,13,14). The number of carbonyl (C=O) groups excluding carboxylic acids is 2. The number of rotatable bonds is 3. The summed E-state index contributed by atoms with van der Waals surface area (Å²) >= 11 is 0. The van der Waals surface area contributed by atoms with E-state index in [1.54, 1.807) is 0 Å².